The molecular formula is C29H38N2O4. The summed E-state index contributed by atoms with van der Waals surface area (Å²) in [5.41, 5.74) is 10.5. The van der Waals surface area contributed by atoms with Crippen molar-refractivity contribution in [1.82, 2.24) is 4.98 Å². The van der Waals surface area contributed by atoms with Gasteiger partial charge in [-0.25, -0.2) is 0 Å². The fourth-order valence-electron chi connectivity index (χ4n) is 7.91. The highest BCUT2D eigenvalue weighted by Gasteiger charge is 2.57. The van der Waals surface area contributed by atoms with Gasteiger partial charge in [-0.05, 0) is 90.7 Å². The molecule has 1 heterocycles. The topological polar surface area (TPSA) is 103 Å². The van der Waals surface area contributed by atoms with Crippen LogP contribution in [0.1, 0.15) is 77.2 Å². The number of hydrogen-bond donors (Lipinski definition) is 2. The number of pyridine rings is 1. The Morgan fingerprint density at radius 1 is 1.17 bits per heavy atom. The van der Waals surface area contributed by atoms with Gasteiger partial charge in [0.25, 0.3) is 0 Å². The molecule has 6 nitrogen and oxygen atoms in total. The third-order valence-electron chi connectivity index (χ3n) is 9.87. The number of nitrogens with two attached hydrogens (primary N) is 1. The van der Waals surface area contributed by atoms with Crippen LogP contribution in [0.5, 0.6) is 0 Å². The molecule has 0 spiro atoms. The van der Waals surface area contributed by atoms with E-state index in [4.69, 9.17) is 15.6 Å². The summed E-state index contributed by atoms with van der Waals surface area (Å²) in [6.07, 6.45) is 16.0. The minimum absolute atomic E-state index is 0.111. The Morgan fingerprint density at radius 3 is 2.71 bits per heavy atom. The molecule has 2 fully saturated rings. The van der Waals surface area contributed by atoms with E-state index in [9.17, 15) is 9.59 Å². The van der Waals surface area contributed by atoms with Crippen LogP contribution in [0.4, 0.5) is 0 Å². The maximum absolute atomic E-state index is 12.4. The van der Waals surface area contributed by atoms with E-state index in [2.05, 4.69) is 37.0 Å². The molecule has 0 aromatic carbocycles. The number of esters is 1. The fourth-order valence-corrected chi connectivity index (χ4v) is 7.91. The van der Waals surface area contributed by atoms with Gasteiger partial charge in [0.1, 0.15) is 12.1 Å². The van der Waals surface area contributed by atoms with Gasteiger partial charge in [-0.2, -0.15) is 0 Å². The fraction of sp³-hybridized carbons (Fsp3) is 0.621. The van der Waals surface area contributed by atoms with Gasteiger partial charge in [0.05, 0.1) is 0 Å². The van der Waals surface area contributed by atoms with E-state index in [1.807, 2.05) is 18.5 Å². The van der Waals surface area contributed by atoms with Crippen LogP contribution in [0, 0.1) is 28.6 Å². The van der Waals surface area contributed by atoms with Gasteiger partial charge in [0.15, 0.2) is 0 Å². The molecule has 1 aromatic heterocycles. The SMILES string of the molecule is C[C@]12CC[C@H](OC(=O)[C@@H](N)CCC(=O)O)CC1=CC[C@@H]1[C@@H]2CC[C@]2(C)C(c3cccnc3)=CC[C@@H]12. The molecule has 0 saturated heterocycles. The monoisotopic (exact) mass is 478 g/mol. The number of rotatable bonds is 6. The zero-order valence-corrected chi connectivity index (χ0v) is 20.9. The van der Waals surface area contributed by atoms with Crippen molar-refractivity contribution in [3.63, 3.8) is 0 Å². The molecule has 7 atom stereocenters. The average Bonchev–Trinajstić information content (AvgIpc) is 3.20. The first-order chi connectivity index (χ1) is 16.7. The number of carbonyl (C=O) groups excluding carboxylic acids is 1. The van der Waals surface area contributed by atoms with Crippen LogP contribution < -0.4 is 5.73 Å². The molecule has 188 valence electrons. The van der Waals surface area contributed by atoms with Crippen molar-refractivity contribution >= 4 is 17.5 Å². The highest BCUT2D eigenvalue weighted by molar-refractivity contribution is 5.77. The van der Waals surface area contributed by atoms with Crippen molar-refractivity contribution in [3.05, 3.63) is 47.8 Å². The number of ether oxygens (including phenoxy) is 1. The second kappa shape index (κ2) is 9.20. The van der Waals surface area contributed by atoms with Crippen LogP contribution in [-0.2, 0) is 14.3 Å². The van der Waals surface area contributed by atoms with E-state index in [0.29, 0.717) is 17.8 Å². The van der Waals surface area contributed by atoms with Crippen molar-refractivity contribution in [2.45, 2.75) is 83.8 Å². The largest absolute Gasteiger partial charge is 0.481 e. The Kier molecular flexibility index (Phi) is 6.37. The van der Waals surface area contributed by atoms with Crippen molar-refractivity contribution in [2.75, 3.05) is 0 Å². The van der Waals surface area contributed by atoms with E-state index in [1.54, 1.807) is 0 Å². The van der Waals surface area contributed by atoms with Gasteiger partial charge < -0.3 is 15.6 Å². The number of fused-ring (bicyclic) bond motifs is 5. The highest BCUT2D eigenvalue weighted by atomic mass is 16.5. The van der Waals surface area contributed by atoms with E-state index in [1.165, 1.54) is 29.6 Å². The molecule has 35 heavy (non-hydrogen) atoms. The number of nitrogens with zero attached hydrogens (tertiary/aromatic N) is 1. The Bertz CT molecular complexity index is 1050. The number of allylic oxidation sites excluding steroid dienone is 3. The third kappa shape index (κ3) is 4.24. The van der Waals surface area contributed by atoms with E-state index in [0.717, 1.165) is 32.1 Å². The summed E-state index contributed by atoms with van der Waals surface area (Å²) < 4.78 is 5.75. The van der Waals surface area contributed by atoms with Gasteiger partial charge in [0, 0.05) is 25.2 Å². The van der Waals surface area contributed by atoms with Crippen molar-refractivity contribution in [2.24, 2.45) is 34.3 Å². The van der Waals surface area contributed by atoms with E-state index in [-0.39, 0.29) is 29.8 Å². The Balaban J connectivity index is 1.28. The second-order valence-corrected chi connectivity index (χ2v) is 11.7. The van der Waals surface area contributed by atoms with Crippen LogP contribution in [0.25, 0.3) is 5.57 Å². The smallest absolute Gasteiger partial charge is 0.323 e. The first-order valence-electron chi connectivity index (χ1n) is 13.2. The standard InChI is InChI=1S/C29H38N2O4/c1-28-13-11-20(35-27(34)25(30)9-10-26(32)33)16-19(28)5-6-21-23-8-7-22(18-4-3-15-31-17-18)29(23,2)14-12-24(21)28/h3-5,7,15,17,20-21,23-25H,6,8-14,16,30H2,1-2H3,(H,32,33)/t20-,21-,23-,24-,25-,28-,29+/m0/s1. The Hall–Kier alpha value is -2.47. The zero-order valence-electron chi connectivity index (χ0n) is 20.9. The molecule has 4 aliphatic rings. The lowest BCUT2D eigenvalue weighted by Crippen LogP contribution is -2.50. The Morgan fingerprint density at radius 2 is 1.97 bits per heavy atom. The zero-order chi connectivity index (χ0) is 24.8. The van der Waals surface area contributed by atoms with Crippen LogP contribution in [0.15, 0.2) is 42.3 Å². The summed E-state index contributed by atoms with van der Waals surface area (Å²) in [5.74, 6) is 0.585. The highest BCUT2D eigenvalue weighted by Crippen LogP contribution is 2.66. The number of hydrogen-bond acceptors (Lipinski definition) is 5. The molecule has 0 amide bonds. The molecule has 3 N–H and O–H groups in total. The molecular weight excluding hydrogens is 440 g/mol. The molecule has 0 bridgehead atoms. The maximum Gasteiger partial charge on any atom is 0.323 e. The van der Waals surface area contributed by atoms with Gasteiger partial charge >= 0.3 is 11.9 Å². The minimum Gasteiger partial charge on any atom is -0.481 e. The summed E-state index contributed by atoms with van der Waals surface area (Å²) in [6.45, 7) is 4.92. The molecule has 4 aliphatic carbocycles. The number of aliphatic carboxylic acids is 1. The summed E-state index contributed by atoms with van der Waals surface area (Å²) in [7, 11) is 0. The van der Waals surface area contributed by atoms with Gasteiger partial charge in [-0.15, -0.1) is 0 Å². The molecule has 0 radical (unpaired) electrons. The minimum atomic E-state index is -0.947. The summed E-state index contributed by atoms with van der Waals surface area (Å²) in [5, 5.41) is 8.84. The third-order valence-corrected chi connectivity index (χ3v) is 9.87. The van der Waals surface area contributed by atoms with E-state index >= 15 is 0 Å². The molecule has 0 unspecified atom stereocenters. The number of carboxylic acids is 1. The molecule has 0 aliphatic heterocycles. The van der Waals surface area contributed by atoms with Crippen molar-refractivity contribution in [3.8, 4) is 0 Å². The lowest BCUT2D eigenvalue weighted by Gasteiger charge is -2.57. The van der Waals surface area contributed by atoms with Crippen LogP contribution in [0.2, 0.25) is 0 Å². The van der Waals surface area contributed by atoms with Crippen LogP contribution >= 0.6 is 0 Å². The second-order valence-electron chi connectivity index (χ2n) is 11.7. The average molecular weight is 479 g/mol. The van der Waals surface area contributed by atoms with Gasteiger partial charge in [0.2, 0.25) is 0 Å². The lowest BCUT2D eigenvalue weighted by molar-refractivity contribution is -0.153. The molecule has 1 aromatic rings. The van der Waals surface area contributed by atoms with E-state index < -0.39 is 18.0 Å². The first-order valence-corrected chi connectivity index (χ1v) is 13.2. The molecule has 2 saturated carbocycles. The predicted molar refractivity (Wildman–Crippen MR) is 134 cm³/mol. The van der Waals surface area contributed by atoms with Crippen molar-refractivity contribution in [1.29, 1.82) is 0 Å². The maximum atomic E-state index is 12.4. The number of aromatic nitrogens is 1. The first kappa shape index (κ1) is 24.2. The van der Waals surface area contributed by atoms with Crippen molar-refractivity contribution < 1.29 is 19.4 Å². The van der Waals surface area contributed by atoms with Crippen LogP contribution in [0.3, 0.4) is 0 Å². The van der Waals surface area contributed by atoms with Gasteiger partial charge in [-0.1, -0.05) is 37.6 Å². The lowest BCUT2D eigenvalue weighted by atomic mass is 9.47. The number of carboxylic acid groups (broad SMARTS) is 1. The summed E-state index contributed by atoms with van der Waals surface area (Å²) in [6, 6.07) is 3.37. The Labute approximate surface area is 208 Å². The normalized spacial score (nSPS) is 36.7. The number of carbonyl (C=O) groups is 2. The van der Waals surface area contributed by atoms with Gasteiger partial charge in [-0.3, -0.25) is 14.6 Å². The molecule has 5 rings (SSSR count). The van der Waals surface area contributed by atoms with Crippen LogP contribution in [-0.4, -0.2) is 34.2 Å². The summed E-state index contributed by atoms with van der Waals surface area (Å²) >= 11 is 0. The molecule has 6 heteroatoms. The quantitative estimate of drug-likeness (QED) is 0.433. The predicted octanol–water partition coefficient (Wildman–Crippen LogP) is 5.14. The summed E-state index contributed by atoms with van der Waals surface area (Å²) in [4.78, 5) is 27.6.